The first kappa shape index (κ1) is 15.7. The van der Waals surface area contributed by atoms with Gasteiger partial charge in [-0.2, -0.15) is 0 Å². The highest BCUT2D eigenvalue weighted by molar-refractivity contribution is 5.88. The number of fused-ring (bicyclic) bond motifs is 5. The van der Waals surface area contributed by atoms with Crippen LogP contribution in [0.1, 0.15) is 35.6 Å². The molecule has 0 saturated carbocycles. The summed E-state index contributed by atoms with van der Waals surface area (Å²) in [6, 6.07) is 28.3. The zero-order chi connectivity index (χ0) is 18.5. The van der Waals surface area contributed by atoms with Gasteiger partial charge in [0.25, 0.3) is 0 Å². The smallest absolute Gasteiger partial charge is 0.209 e. The maximum atomic E-state index is 4.94. The van der Waals surface area contributed by atoms with Gasteiger partial charge in [0, 0.05) is 11.3 Å². The number of rotatable bonds is 1. The van der Waals surface area contributed by atoms with Crippen molar-refractivity contribution in [1.82, 2.24) is 9.55 Å². The van der Waals surface area contributed by atoms with E-state index < -0.39 is 0 Å². The molecule has 2 heterocycles. The van der Waals surface area contributed by atoms with Gasteiger partial charge in [0.15, 0.2) is 0 Å². The highest BCUT2D eigenvalue weighted by Gasteiger charge is 2.33. The summed E-state index contributed by atoms with van der Waals surface area (Å²) < 4.78 is 2.39. The molecule has 0 fully saturated rings. The number of benzene rings is 3. The van der Waals surface area contributed by atoms with Crippen molar-refractivity contribution in [2.45, 2.75) is 25.3 Å². The second-order valence-corrected chi connectivity index (χ2v) is 7.64. The first-order chi connectivity index (χ1) is 13.9. The molecule has 1 N–H and O–H groups in total. The normalized spacial score (nSPS) is 18.1. The van der Waals surface area contributed by atoms with Gasteiger partial charge < -0.3 is 5.32 Å². The summed E-state index contributed by atoms with van der Waals surface area (Å²) in [6.07, 6.45) is 3.38. The van der Waals surface area contributed by atoms with Crippen molar-refractivity contribution in [2.75, 3.05) is 5.32 Å². The first-order valence-corrected chi connectivity index (χ1v) is 10.0. The summed E-state index contributed by atoms with van der Waals surface area (Å²) in [7, 11) is 0. The van der Waals surface area contributed by atoms with Gasteiger partial charge in [0.2, 0.25) is 5.95 Å². The lowest BCUT2D eigenvalue weighted by Gasteiger charge is -2.32. The molecule has 136 valence electrons. The Labute approximate surface area is 164 Å². The lowest BCUT2D eigenvalue weighted by Crippen LogP contribution is -2.24. The molecule has 0 radical (unpaired) electrons. The van der Waals surface area contributed by atoms with Crippen molar-refractivity contribution >= 4 is 22.7 Å². The van der Waals surface area contributed by atoms with Gasteiger partial charge in [-0.3, -0.25) is 4.57 Å². The molecule has 1 atom stereocenters. The van der Waals surface area contributed by atoms with Gasteiger partial charge in [0.05, 0.1) is 17.1 Å². The molecule has 3 heteroatoms. The number of anilines is 1. The summed E-state index contributed by atoms with van der Waals surface area (Å²) in [5.41, 5.74) is 9.02. The average Bonchev–Trinajstić information content (AvgIpc) is 3.02. The van der Waals surface area contributed by atoms with E-state index in [-0.39, 0.29) is 6.04 Å². The summed E-state index contributed by atoms with van der Waals surface area (Å²) in [4.78, 5) is 4.94. The van der Waals surface area contributed by atoms with Crippen LogP contribution in [0.15, 0.2) is 84.4 Å². The molecule has 3 aromatic carbocycles. The molecule has 0 unspecified atom stereocenters. The van der Waals surface area contributed by atoms with Crippen molar-refractivity contribution in [1.29, 1.82) is 0 Å². The molecule has 2 aliphatic rings. The van der Waals surface area contributed by atoms with Crippen LogP contribution in [0.5, 0.6) is 0 Å². The Kier molecular flexibility index (Phi) is 3.42. The Balaban J connectivity index is 1.67. The highest BCUT2D eigenvalue weighted by atomic mass is 15.3. The topological polar surface area (TPSA) is 29.9 Å². The zero-order valence-corrected chi connectivity index (χ0v) is 15.6. The minimum atomic E-state index is 0.172. The number of aryl methyl sites for hydroxylation is 1. The van der Waals surface area contributed by atoms with Crippen molar-refractivity contribution in [3.63, 3.8) is 0 Å². The Hall–Kier alpha value is -3.33. The minimum absolute atomic E-state index is 0.172. The molecule has 0 bridgehead atoms. The van der Waals surface area contributed by atoms with Crippen molar-refractivity contribution in [3.8, 4) is 0 Å². The Morgan fingerprint density at radius 2 is 1.61 bits per heavy atom. The molecule has 0 amide bonds. The Morgan fingerprint density at radius 3 is 2.54 bits per heavy atom. The fourth-order valence-corrected chi connectivity index (χ4v) is 4.82. The molecule has 0 spiro atoms. The van der Waals surface area contributed by atoms with Gasteiger partial charge in [0.1, 0.15) is 0 Å². The van der Waals surface area contributed by atoms with E-state index in [0.717, 1.165) is 24.3 Å². The number of nitrogens with one attached hydrogen (secondary N) is 1. The van der Waals surface area contributed by atoms with E-state index in [0.29, 0.717) is 0 Å². The zero-order valence-electron chi connectivity index (χ0n) is 15.6. The number of allylic oxidation sites excluding steroid dienone is 1. The summed E-state index contributed by atoms with van der Waals surface area (Å²) >= 11 is 0. The molecular formula is C25H21N3. The summed E-state index contributed by atoms with van der Waals surface area (Å²) in [5.74, 6) is 0.936. The van der Waals surface area contributed by atoms with E-state index in [9.17, 15) is 0 Å². The maximum absolute atomic E-state index is 4.94. The van der Waals surface area contributed by atoms with E-state index in [1.807, 2.05) is 0 Å². The van der Waals surface area contributed by atoms with Crippen LogP contribution in [-0.4, -0.2) is 9.55 Å². The Morgan fingerprint density at radius 1 is 0.821 bits per heavy atom. The third-order valence-corrected chi connectivity index (χ3v) is 6.04. The SMILES string of the molecule is c1ccc([C@@H]2C3=C(Nc4nc5ccccc5n42)c2ccccc2CCC3)cc1. The van der Waals surface area contributed by atoms with E-state index in [2.05, 4.69) is 88.7 Å². The standard InChI is InChI=1S/C25H21N3/c1-2-10-18(11-3-1)24-20-14-8-12-17-9-4-5-13-19(17)23(20)27-25-26-21-15-6-7-16-22(21)28(24)25/h1-7,9-11,13,15-16,24H,8,12,14H2,(H,26,27)/t24-/m1/s1. The van der Waals surface area contributed by atoms with E-state index in [4.69, 9.17) is 4.98 Å². The fourth-order valence-electron chi connectivity index (χ4n) is 4.82. The Bertz CT molecular complexity index is 1220. The van der Waals surface area contributed by atoms with Crippen LogP contribution in [-0.2, 0) is 6.42 Å². The predicted octanol–water partition coefficient (Wildman–Crippen LogP) is 5.80. The van der Waals surface area contributed by atoms with Crippen LogP contribution in [0.3, 0.4) is 0 Å². The van der Waals surface area contributed by atoms with Crippen LogP contribution in [0.25, 0.3) is 16.7 Å². The molecule has 4 aromatic rings. The molecule has 28 heavy (non-hydrogen) atoms. The first-order valence-electron chi connectivity index (χ1n) is 10.0. The molecular weight excluding hydrogens is 342 g/mol. The maximum Gasteiger partial charge on any atom is 0.209 e. The molecule has 3 nitrogen and oxygen atoms in total. The number of imidazole rings is 1. The van der Waals surface area contributed by atoms with Gasteiger partial charge in [-0.15, -0.1) is 0 Å². The molecule has 6 rings (SSSR count). The van der Waals surface area contributed by atoms with Crippen molar-refractivity contribution in [3.05, 3.63) is 101 Å². The molecule has 1 aliphatic heterocycles. The molecule has 0 saturated heterocycles. The fraction of sp³-hybridized carbons (Fsp3) is 0.160. The summed E-state index contributed by atoms with van der Waals surface area (Å²) in [6.45, 7) is 0. The van der Waals surface area contributed by atoms with Crippen LogP contribution >= 0.6 is 0 Å². The van der Waals surface area contributed by atoms with Crippen LogP contribution in [0, 0.1) is 0 Å². The largest absolute Gasteiger partial charge is 0.325 e. The third kappa shape index (κ3) is 2.26. The van der Waals surface area contributed by atoms with E-state index in [1.54, 1.807) is 0 Å². The van der Waals surface area contributed by atoms with E-state index in [1.165, 1.54) is 39.9 Å². The second-order valence-electron chi connectivity index (χ2n) is 7.64. The minimum Gasteiger partial charge on any atom is -0.325 e. The number of aromatic nitrogens is 2. The number of para-hydroxylation sites is 2. The average molecular weight is 363 g/mol. The third-order valence-electron chi connectivity index (χ3n) is 6.04. The molecule has 1 aliphatic carbocycles. The van der Waals surface area contributed by atoms with E-state index >= 15 is 0 Å². The molecule has 1 aromatic heterocycles. The van der Waals surface area contributed by atoms with Gasteiger partial charge in [-0.25, -0.2) is 4.98 Å². The van der Waals surface area contributed by atoms with Crippen LogP contribution in [0.4, 0.5) is 5.95 Å². The quantitative estimate of drug-likeness (QED) is 0.463. The summed E-state index contributed by atoms with van der Waals surface area (Å²) in [5, 5.41) is 3.72. The lowest BCUT2D eigenvalue weighted by molar-refractivity contribution is 0.639. The van der Waals surface area contributed by atoms with Crippen LogP contribution in [0.2, 0.25) is 0 Å². The second kappa shape index (κ2) is 6.10. The van der Waals surface area contributed by atoms with Crippen molar-refractivity contribution < 1.29 is 0 Å². The number of nitrogens with zero attached hydrogens (tertiary/aromatic N) is 2. The number of hydrogen-bond donors (Lipinski definition) is 1. The number of hydrogen-bond acceptors (Lipinski definition) is 2. The lowest BCUT2D eigenvalue weighted by atomic mass is 9.91. The van der Waals surface area contributed by atoms with Gasteiger partial charge in [-0.1, -0.05) is 66.7 Å². The predicted molar refractivity (Wildman–Crippen MR) is 114 cm³/mol. The van der Waals surface area contributed by atoms with Crippen LogP contribution < -0.4 is 5.32 Å². The van der Waals surface area contributed by atoms with Gasteiger partial charge in [-0.05, 0) is 48.1 Å². The highest BCUT2D eigenvalue weighted by Crippen LogP contribution is 2.45. The van der Waals surface area contributed by atoms with Crippen molar-refractivity contribution in [2.24, 2.45) is 0 Å². The monoisotopic (exact) mass is 363 g/mol. The van der Waals surface area contributed by atoms with Gasteiger partial charge >= 0.3 is 0 Å².